The molecule has 7 nitrogen and oxygen atoms in total. The molecule has 1 aromatic heterocycles. The fourth-order valence-corrected chi connectivity index (χ4v) is 5.02. The van der Waals surface area contributed by atoms with E-state index in [0.717, 1.165) is 22.7 Å². The van der Waals surface area contributed by atoms with Crippen molar-refractivity contribution in [2.75, 3.05) is 10.0 Å². The van der Waals surface area contributed by atoms with Crippen LogP contribution in [0.3, 0.4) is 0 Å². The molecule has 162 valence electrons. The summed E-state index contributed by atoms with van der Waals surface area (Å²) >= 11 is 1.09. The van der Waals surface area contributed by atoms with Gasteiger partial charge in [0.1, 0.15) is 0 Å². The smallest absolute Gasteiger partial charge is 0.262 e. The molecule has 1 heterocycles. The Morgan fingerprint density at radius 2 is 1.66 bits per heavy atom. The Balaban J connectivity index is 1.45. The van der Waals surface area contributed by atoms with E-state index in [1.807, 2.05) is 43.3 Å². The molecule has 0 aliphatic heterocycles. The summed E-state index contributed by atoms with van der Waals surface area (Å²) in [6.07, 6.45) is 0. The van der Waals surface area contributed by atoms with Crippen molar-refractivity contribution in [2.45, 2.75) is 18.7 Å². The van der Waals surface area contributed by atoms with Gasteiger partial charge in [-0.1, -0.05) is 42.5 Å². The number of hydrogen-bond acceptors (Lipinski definition) is 6. The van der Waals surface area contributed by atoms with Crippen LogP contribution in [0.1, 0.15) is 21.5 Å². The Kier molecular flexibility index (Phi) is 6.02. The van der Waals surface area contributed by atoms with Crippen LogP contribution in [-0.4, -0.2) is 23.7 Å². The number of carbonyl (C=O) groups is 1. The zero-order chi connectivity index (χ0) is 22.7. The van der Waals surface area contributed by atoms with Crippen molar-refractivity contribution in [1.82, 2.24) is 9.36 Å². The molecule has 0 aliphatic carbocycles. The molecule has 4 aromatic rings. The third-order valence-corrected chi connectivity index (χ3v) is 6.86. The molecule has 0 unspecified atom stereocenters. The van der Waals surface area contributed by atoms with Crippen molar-refractivity contribution in [3.63, 3.8) is 0 Å². The molecule has 0 saturated heterocycles. The largest absolute Gasteiger partial charge is 0.297 e. The highest BCUT2D eigenvalue weighted by molar-refractivity contribution is 7.92. The summed E-state index contributed by atoms with van der Waals surface area (Å²) in [6.45, 7) is 3.59. The normalized spacial score (nSPS) is 11.2. The monoisotopic (exact) mass is 464 g/mol. The SMILES string of the molecule is Cc1ccc(C)c(S(=O)(=O)Nc2ccc(C(=O)Nc3nc(-c4ccccc4)ns3)cc2)c1. The predicted octanol–water partition coefficient (Wildman–Crippen LogP) is 4.88. The van der Waals surface area contributed by atoms with Gasteiger partial charge < -0.3 is 0 Å². The van der Waals surface area contributed by atoms with Crippen LogP contribution < -0.4 is 10.0 Å². The first-order valence-corrected chi connectivity index (χ1v) is 12.0. The van der Waals surface area contributed by atoms with Crippen LogP contribution in [0.5, 0.6) is 0 Å². The average molecular weight is 465 g/mol. The molecule has 32 heavy (non-hydrogen) atoms. The molecule has 0 atom stereocenters. The summed E-state index contributed by atoms with van der Waals surface area (Å²) in [6, 6.07) is 20.9. The second-order valence-corrected chi connectivity index (χ2v) is 9.60. The fourth-order valence-electron chi connectivity index (χ4n) is 3.04. The summed E-state index contributed by atoms with van der Waals surface area (Å²) < 4.78 is 32.3. The number of hydrogen-bond donors (Lipinski definition) is 2. The molecular weight excluding hydrogens is 444 g/mol. The lowest BCUT2D eigenvalue weighted by Gasteiger charge is -2.11. The van der Waals surface area contributed by atoms with Crippen LogP contribution in [0, 0.1) is 13.8 Å². The van der Waals surface area contributed by atoms with E-state index in [1.165, 1.54) is 0 Å². The maximum Gasteiger partial charge on any atom is 0.262 e. The van der Waals surface area contributed by atoms with Gasteiger partial charge in [-0.15, -0.1) is 0 Å². The predicted molar refractivity (Wildman–Crippen MR) is 126 cm³/mol. The minimum absolute atomic E-state index is 0.227. The number of amides is 1. The highest BCUT2D eigenvalue weighted by Gasteiger charge is 2.18. The van der Waals surface area contributed by atoms with E-state index in [-0.39, 0.29) is 10.8 Å². The van der Waals surface area contributed by atoms with Gasteiger partial charge in [-0.3, -0.25) is 14.8 Å². The van der Waals surface area contributed by atoms with Gasteiger partial charge in [0.15, 0.2) is 5.82 Å². The molecular formula is C23H20N4O3S2. The number of rotatable bonds is 6. The minimum Gasteiger partial charge on any atom is -0.297 e. The van der Waals surface area contributed by atoms with Crippen molar-refractivity contribution in [3.8, 4) is 11.4 Å². The van der Waals surface area contributed by atoms with Crippen LogP contribution in [0.25, 0.3) is 11.4 Å². The first-order valence-electron chi connectivity index (χ1n) is 9.72. The summed E-state index contributed by atoms with van der Waals surface area (Å²) in [7, 11) is -3.74. The summed E-state index contributed by atoms with van der Waals surface area (Å²) in [5.41, 5.74) is 3.12. The lowest BCUT2D eigenvalue weighted by Crippen LogP contribution is -2.15. The Morgan fingerprint density at radius 3 is 2.38 bits per heavy atom. The standard InChI is InChI=1S/C23H20N4O3S2/c1-15-8-9-16(2)20(14-15)32(29,30)27-19-12-10-18(11-13-19)22(28)25-23-24-21(26-31-23)17-6-4-3-5-7-17/h3-14,27H,1-2H3,(H,24,25,26,28). The lowest BCUT2D eigenvalue weighted by molar-refractivity contribution is 0.102. The molecule has 2 N–H and O–H groups in total. The Bertz CT molecular complexity index is 1370. The zero-order valence-electron chi connectivity index (χ0n) is 17.4. The molecule has 1 amide bonds. The quantitative estimate of drug-likeness (QED) is 0.424. The minimum atomic E-state index is -3.74. The van der Waals surface area contributed by atoms with E-state index in [4.69, 9.17) is 0 Å². The molecule has 0 fully saturated rings. The highest BCUT2D eigenvalue weighted by atomic mass is 32.2. The Labute approximate surface area is 190 Å². The number of benzene rings is 3. The van der Waals surface area contributed by atoms with Crippen molar-refractivity contribution in [2.24, 2.45) is 0 Å². The molecule has 0 radical (unpaired) electrons. The van der Waals surface area contributed by atoms with Gasteiger partial charge in [-0.25, -0.2) is 8.42 Å². The maximum atomic E-state index is 12.7. The number of aryl methyl sites for hydroxylation is 2. The Hall–Kier alpha value is -3.56. The highest BCUT2D eigenvalue weighted by Crippen LogP contribution is 2.23. The van der Waals surface area contributed by atoms with Crippen LogP contribution in [-0.2, 0) is 10.0 Å². The summed E-state index contributed by atoms with van der Waals surface area (Å²) in [4.78, 5) is 17.1. The van der Waals surface area contributed by atoms with Gasteiger partial charge in [0.2, 0.25) is 5.13 Å². The van der Waals surface area contributed by atoms with Crippen LogP contribution in [0.2, 0.25) is 0 Å². The van der Waals surface area contributed by atoms with Gasteiger partial charge in [0.05, 0.1) is 4.90 Å². The second kappa shape index (κ2) is 8.89. The van der Waals surface area contributed by atoms with Crippen LogP contribution in [0.15, 0.2) is 77.7 Å². The molecule has 0 aliphatic rings. The van der Waals surface area contributed by atoms with E-state index >= 15 is 0 Å². The molecule has 0 saturated carbocycles. The molecule has 9 heteroatoms. The third-order valence-electron chi connectivity index (χ3n) is 4.71. The van der Waals surface area contributed by atoms with Gasteiger partial charge >= 0.3 is 0 Å². The fraction of sp³-hybridized carbons (Fsp3) is 0.0870. The molecule has 0 bridgehead atoms. The number of anilines is 2. The van der Waals surface area contributed by atoms with E-state index in [2.05, 4.69) is 19.4 Å². The zero-order valence-corrected chi connectivity index (χ0v) is 19.0. The van der Waals surface area contributed by atoms with Crippen molar-refractivity contribution < 1.29 is 13.2 Å². The van der Waals surface area contributed by atoms with Crippen LogP contribution in [0.4, 0.5) is 10.8 Å². The first-order chi connectivity index (χ1) is 15.3. The lowest BCUT2D eigenvalue weighted by atomic mass is 10.2. The third kappa shape index (κ3) is 4.84. The van der Waals surface area contributed by atoms with Gasteiger partial charge in [-0.2, -0.15) is 9.36 Å². The Morgan fingerprint density at radius 1 is 0.938 bits per heavy atom. The van der Waals surface area contributed by atoms with Gasteiger partial charge in [-0.05, 0) is 55.3 Å². The maximum absolute atomic E-state index is 12.7. The summed E-state index contributed by atoms with van der Waals surface area (Å²) in [5.74, 6) is 0.187. The van der Waals surface area contributed by atoms with Crippen molar-refractivity contribution >= 4 is 38.3 Å². The van der Waals surface area contributed by atoms with Gasteiger partial charge in [0.25, 0.3) is 15.9 Å². The van der Waals surface area contributed by atoms with Crippen LogP contribution >= 0.6 is 11.5 Å². The van der Waals surface area contributed by atoms with E-state index in [1.54, 1.807) is 43.3 Å². The van der Waals surface area contributed by atoms with E-state index < -0.39 is 10.0 Å². The number of carbonyl (C=O) groups excluding carboxylic acids is 1. The van der Waals surface area contributed by atoms with Gasteiger partial charge in [0, 0.05) is 28.3 Å². The van der Waals surface area contributed by atoms with E-state index in [0.29, 0.717) is 27.8 Å². The number of nitrogens with one attached hydrogen (secondary N) is 2. The molecule has 0 spiro atoms. The molecule has 3 aromatic carbocycles. The van der Waals surface area contributed by atoms with Crippen molar-refractivity contribution in [1.29, 1.82) is 0 Å². The summed E-state index contributed by atoms with van der Waals surface area (Å²) in [5, 5.41) is 3.11. The number of sulfonamides is 1. The topological polar surface area (TPSA) is 101 Å². The van der Waals surface area contributed by atoms with Crippen molar-refractivity contribution in [3.05, 3.63) is 89.5 Å². The number of nitrogens with zero attached hydrogens (tertiary/aromatic N) is 2. The first kappa shape index (κ1) is 21.7. The molecule has 4 rings (SSSR count). The van der Waals surface area contributed by atoms with E-state index in [9.17, 15) is 13.2 Å². The number of aromatic nitrogens is 2. The second-order valence-electron chi connectivity index (χ2n) is 7.20. The average Bonchev–Trinajstić information content (AvgIpc) is 3.24.